The second-order valence-electron chi connectivity index (χ2n) is 6.64. The van der Waals surface area contributed by atoms with Crippen LogP contribution >= 0.6 is 0 Å². The molecule has 0 fully saturated rings. The van der Waals surface area contributed by atoms with E-state index in [9.17, 15) is 0 Å². The van der Waals surface area contributed by atoms with Gasteiger partial charge in [0.2, 0.25) is 0 Å². The zero-order valence-electron chi connectivity index (χ0n) is 13.1. The minimum absolute atomic E-state index is 0.260. The van der Waals surface area contributed by atoms with Crippen molar-refractivity contribution in [2.75, 3.05) is 4.81 Å². The Labute approximate surface area is 140 Å². The molecule has 2 heteroatoms. The highest BCUT2D eigenvalue weighted by Gasteiger charge is 2.36. The molecule has 1 nitrogen and oxygen atoms in total. The highest BCUT2D eigenvalue weighted by Crippen LogP contribution is 2.38. The van der Waals surface area contributed by atoms with Crippen LogP contribution in [-0.4, -0.2) is 6.85 Å². The van der Waals surface area contributed by atoms with Crippen LogP contribution in [0.2, 0.25) is 0 Å². The lowest BCUT2D eigenvalue weighted by molar-refractivity contribution is 1.40. The van der Waals surface area contributed by atoms with Crippen molar-refractivity contribution in [3.63, 3.8) is 0 Å². The van der Waals surface area contributed by atoms with E-state index in [1.165, 1.54) is 43.7 Å². The topological polar surface area (TPSA) is 3.24 Å². The van der Waals surface area contributed by atoms with Gasteiger partial charge in [0.1, 0.15) is 0 Å². The third-order valence-electron chi connectivity index (χ3n) is 5.45. The van der Waals surface area contributed by atoms with Crippen molar-refractivity contribution in [2.24, 2.45) is 0 Å². The Balaban J connectivity index is 1.84. The molecule has 2 heterocycles. The van der Waals surface area contributed by atoms with Crippen molar-refractivity contribution in [1.29, 1.82) is 0 Å². The van der Waals surface area contributed by atoms with Crippen molar-refractivity contribution in [1.82, 2.24) is 0 Å². The standard InChI is InChI=1S/C22H14BN/c1-2-8-18-15(5-1)13-14-24-20-10-4-7-17-12-11-16-6-3-9-19(23(18)24)21(16)22(17)20/h1-14H. The quantitative estimate of drug-likeness (QED) is 0.352. The Kier molecular flexibility index (Phi) is 2.23. The number of rotatable bonds is 0. The minimum atomic E-state index is 0.260. The van der Waals surface area contributed by atoms with E-state index in [1.807, 2.05) is 0 Å². The van der Waals surface area contributed by atoms with Crippen LogP contribution in [0.15, 0.2) is 79.0 Å². The molecule has 2 aliphatic rings. The summed E-state index contributed by atoms with van der Waals surface area (Å²) < 4.78 is 0. The molecule has 24 heavy (non-hydrogen) atoms. The van der Waals surface area contributed by atoms with Crippen molar-refractivity contribution < 1.29 is 0 Å². The Hall–Kier alpha value is -3.00. The molecule has 110 valence electrons. The summed E-state index contributed by atoms with van der Waals surface area (Å²) in [6, 6.07) is 26.6. The van der Waals surface area contributed by atoms with Gasteiger partial charge < -0.3 is 4.81 Å². The van der Waals surface area contributed by atoms with Gasteiger partial charge in [0.05, 0.1) is 0 Å². The Bertz CT molecular complexity index is 1180. The van der Waals surface area contributed by atoms with Crippen LogP contribution < -0.4 is 15.7 Å². The molecule has 0 aromatic heterocycles. The van der Waals surface area contributed by atoms with Crippen LogP contribution in [-0.2, 0) is 0 Å². The molecule has 0 N–H and O–H groups in total. The molecule has 6 rings (SSSR count). The van der Waals surface area contributed by atoms with Crippen molar-refractivity contribution >= 4 is 51.1 Å². The minimum Gasteiger partial charge on any atom is -0.382 e. The average molecular weight is 303 g/mol. The van der Waals surface area contributed by atoms with E-state index in [2.05, 4.69) is 89.9 Å². The van der Waals surface area contributed by atoms with Gasteiger partial charge in [-0.25, -0.2) is 0 Å². The fourth-order valence-electron chi connectivity index (χ4n) is 4.45. The third kappa shape index (κ3) is 1.41. The number of hydrogen-bond acceptors (Lipinski definition) is 1. The summed E-state index contributed by atoms with van der Waals surface area (Å²) in [6.07, 6.45) is 4.48. The normalized spacial score (nSPS) is 14.3. The first-order chi connectivity index (χ1) is 11.9. The first-order valence-electron chi connectivity index (χ1n) is 8.42. The van der Waals surface area contributed by atoms with Gasteiger partial charge in [-0.3, -0.25) is 0 Å². The molecule has 0 bridgehead atoms. The van der Waals surface area contributed by atoms with Gasteiger partial charge in [-0.15, -0.1) is 0 Å². The van der Waals surface area contributed by atoms with Crippen molar-refractivity contribution in [3.8, 4) is 0 Å². The number of fused-ring (bicyclic) bond motifs is 5. The number of anilines is 1. The van der Waals surface area contributed by atoms with Crippen LogP contribution in [0.5, 0.6) is 0 Å². The Morgan fingerprint density at radius 1 is 0.625 bits per heavy atom. The zero-order valence-corrected chi connectivity index (χ0v) is 13.1. The summed E-state index contributed by atoms with van der Waals surface area (Å²) >= 11 is 0. The molecular formula is C22H14BN. The number of nitrogens with zero attached hydrogens (tertiary/aromatic N) is 1. The van der Waals surface area contributed by atoms with Crippen LogP contribution in [0.1, 0.15) is 5.56 Å². The maximum Gasteiger partial charge on any atom is 0.328 e. The van der Waals surface area contributed by atoms with E-state index in [0.29, 0.717) is 0 Å². The first-order valence-corrected chi connectivity index (χ1v) is 8.42. The summed E-state index contributed by atoms with van der Waals surface area (Å²) in [5.74, 6) is 0. The number of hydrogen-bond donors (Lipinski definition) is 0. The van der Waals surface area contributed by atoms with Crippen LogP contribution in [0, 0.1) is 0 Å². The van der Waals surface area contributed by atoms with E-state index in [-0.39, 0.29) is 6.85 Å². The van der Waals surface area contributed by atoms with Gasteiger partial charge in [-0.2, -0.15) is 0 Å². The van der Waals surface area contributed by atoms with E-state index in [0.717, 1.165) is 0 Å². The SMILES string of the molecule is C1=CN2B(c3ccccc31)c1cccc3ccc4cccc2c4c13. The van der Waals surface area contributed by atoms with E-state index in [4.69, 9.17) is 0 Å². The van der Waals surface area contributed by atoms with Gasteiger partial charge >= 0.3 is 6.85 Å². The van der Waals surface area contributed by atoms with Gasteiger partial charge in [-0.05, 0) is 51.0 Å². The maximum absolute atomic E-state index is 2.44. The molecule has 0 amide bonds. The zero-order chi connectivity index (χ0) is 15.7. The molecule has 0 radical (unpaired) electrons. The Morgan fingerprint density at radius 3 is 2.29 bits per heavy atom. The van der Waals surface area contributed by atoms with Crippen LogP contribution in [0.3, 0.4) is 0 Å². The molecule has 0 unspecified atom stereocenters. The molecule has 4 aromatic rings. The fourth-order valence-corrected chi connectivity index (χ4v) is 4.45. The van der Waals surface area contributed by atoms with E-state index < -0.39 is 0 Å². The largest absolute Gasteiger partial charge is 0.382 e. The monoisotopic (exact) mass is 303 g/mol. The van der Waals surface area contributed by atoms with Crippen LogP contribution in [0.25, 0.3) is 27.6 Å². The fraction of sp³-hybridized carbons (Fsp3) is 0. The second kappa shape index (κ2) is 4.30. The first kappa shape index (κ1) is 12.4. The lowest BCUT2D eigenvalue weighted by atomic mass is 9.45. The average Bonchev–Trinajstić information content (AvgIpc) is 2.66. The maximum atomic E-state index is 2.44. The van der Waals surface area contributed by atoms with Gasteiger partial charge in [0, 0.05) is 11.1 Å². The molecular weight excluding hydrogens is 289 g/mol. The summed E-state index contributed by atoms with van der Waals surface area (Å²) in [7, 11) is 0. The van der Waals surface area contributed by atoms with E-state index in [1.54, 1.807) is 0 Å². The smallest absolute Gasteiger partial charge is 0.328 e. The van der Waals surface area contributed by atoms with Gasteiger partial charge in [0.15, 0.2) is 0 Å². The highest BCUT2D eigenvalue weighted by atomic mass is 15.1. The third-order valence-corrected chi connectivity index (χ3v) is 5.45. The molecule has 0 saturated heterocycles. The summed E-state index contributed by atoms with van der Waals surface area (Å²) in [5.41, 5.74) is 5.43. The summed E-state index contributed by atoms with van der Waals surface area (Å²) in [5, 5.41) is 5.44. The lowest BCUT2D eigenvalue weighted by Crippen LogP contribution is -2.58. The molecule has 4 aromatic carbocycles. The molecule has 2 aliphatic heterocycles. The van der Waals surface area contributed by atoms with Crippen LogP contribution in [0.4, 0.5) is 5.69 Å². The number of benzene rings is 4. The Morgan fingerprint density at radius 2 is 1.38 bits per heavy atom. The molecule has 0 aliphatic carbocycles. The molecule has 0 atom stereocenters. The molecule has 0 saturated carbocycles. The summed E-state index contributed by atoms with van der Waals surface area (Å²) in [4.78, 5) is 2.44. The predicted molar refractivity (Wildman–Crippen MR) is 104 cm³/mol. The van der Waals surface area contributed by atoms with Gasteiger partial charge in [-0.1, -0.05) is 66.7 Å². The summed E-state index contributed by atoms with van der Waals surface area (Å²) in [6.45, 7) is 0.260. The molecule has 0 spiro atoms. The predicted octanol–water partition coefficient (Wildman–Crippen LogP) is 3.90. The van der Waals surface area contributed by atoms with Crippen molar-refractivity contribution in [3.05, 3.63) is 84.6 Å². The highest BCUT2D eigenvalue weighted by molar-refractivity contribution is 6.92. The van der Waals surface area contributed by atoms with Crippen molar-refractivity contribution in [2.45, 2.75) is 0 Å². The lowest BCUT2D eigenvalue weighted by Gasteiger charge is -2.37. The van der Waals surface area contributed by atoms with Gasteiger partial charge in [0.25, 0.3) is 0 Å². The van der Waals surface area contributed by atoms with E-state index >= 15 is 0 Å². The second-order valence-corrected chi connectivity index (χ2v) is 6.64.